The number of hydrogen-bond acceptors (Lipinski definition) is 8. The molecule has 0 atom stereocenters. The summed E-state index contributed by atoms with van der Waals surface area (Å²) in [6.07, 6.45) is 1.04. The first-order chi connectivity index (χ1) is 12.9. The average Bonchev–Trinajstić information content (AvgIpc) is 3.12. The topological polar surface area (TPSA) is 146 Å². The first kappa shape index (κ1) is 17.6. The number of hydrogen-bond donors (Lipinski definition) is 0. The zero-order chi connectivity index (χ0) is 19.6. The highest BCUT2D eigenvalue weighted by molar-refractivity contribution is 6.14. The van der Waals surface area contributed by atoms with Crippen molar-refractivity contribution in [3.63, 3.8) is 0 Å². The molecule has 3 rings (SSSR count). The summed E-state index contributed by atoms with van der Waals surface area (Å²) in [6.45, 7) is -0.0998. The van der Waals surface area contributed by atoms with Crippen LogP contribution in [0.4, 0.5) is 11.4 Å². The van der Waals surface area contributed by atoms with Crippen molar-refractivity contribution in [3.8, 4) is 17.6 Å². The van der Waals surface area contributed by atoms with Gasteiger partial charge < -0.3 is 9.47 Å². The molecule has 0 spiro atoms. The number of nitro benzene ring substituents is 2. The molecule has 1 aliphatic rings. The van der Waals surface area contributed by atoms with E-state index in [1.807, 2.05) is 0 Å². The first-order valence-corrected chi connectivity index (χ1v) is 7.39. The fraction of sp³-hybridized carbons (Fsp3) is 0.0588. The van der Waals surface area contributed by atoms with E-state index >= 15 is 0 Å². The second-order valence-corrected chi connectivity index (χ2v) is 5.33. The van der Waals surface area contributed by atoms with Gasteiger partial charge in [-0.2, -0.15) is 5.26 Å². The van der Waals surface area contributed by atoms with Crippen LogP contribution in [0.15, 0.2) is 42.0 Å². The van der Waals surface area contributed by atoms with Gasteiger partial charge in [-0.15, -0.1) is 0 Å². The minimum absolute atomic E-state index is 0.0282. The molecule has 0 radical (unpaired) electrons. The largest absolute Gasteiger partial charge is 0.454 e. The number of Topliss-reactive ketones (excluding diaryl/α,β-unsaturated/α-hetero) is 1. The van der Waals surface area contributed by atoms with Crippen molar-refractivity contribution in [2.75, 3.05) is 6.79 Å². The predicted octanol–water partition coefficient (Wildman–Crippen LogP) is 3.02. The average molecular weight is 367 g/mol. The van der Waals surface area contributed by atoms with Crippen LogP contribution in [-0.4, -0.2) is 22.4 Å². The summed E-state index contributed by atoms with van der Waals surface area (Å²) in [6, 6.07) is 8.96. The van der Waals surface area contributed by atoms with Crippen LogP contribution in [0.3, 0.4) is 0 Å². The minimum atomic E-state index is -0.798. The molecule has 1 heterocycles. The summed E-state index contributed by atoms with van der Waals surface area (Å²) in [4.78, 5) is 33.3. The zero-order valence-electron chi connectivity index (χ0n) is 13.4. The van der Waals surface area contributed by atoms with Gasteiger partial charge in [0.2, 0.25) is 12.6 Å². The van der Waals surface area contributed by atoms with E-state index in [4.69, 9.17) is 9.47 Å². The highest BCUT2D eigenvalue weighted by atomic mass is 16.7. The summed E-state index contributed by atoms with van der Waals surface area (Å²) in [7, 11) is 0. The van der Waals surface area contributed by atoms with Gasteiger partial charge in [-0.3, -0.25) is 25.0 Å². The molecule has 0 N–H and O–H groups in total. The molecule has 10 heteroatoms. The van der Waals surface area contributed by atoms with Crippen LogP contribution in [0.25, 0.3) is 6.08 Å². The second kappa shape index (κ2) is 6.93. The maximum absolute atomic E-state index is 12.5. The first-order valence-electron chi connectivity index (χ1n) is 7.39. The molecule has 2 aromatic rings. The SMILES string of the molecule is N#C/C(=C\c1cc2c(cc1[N+](=O)[O-])OCO2)C(=O)c1cccc([N+](=O)[O-])c1. The quantitative estimate of drug-likeness (QED) is 0.258. The third-order valence-electron chi connectivity index (χ3n) is 3.70. The number of carbonyl (C=O) groups is 1. The van der Waals surface area contributed by atoms with Crippen molar-refractivity contribution in [2.45, 2.75) is 0 Å². The number of ether oxygens (including phenoxy) is 2. The third-order valence-corrected chi connectivity index (χ3v) is 3.70. The molecule has 0 bridgehead atoms. The highest BCUT2D eigenvalue weighted by Crippen LogP contribution is 2.38. The fourth-order valence-corrected chi connectivity index (χ4v) is 2.44. The Hall–Kier alpha value is -4.26. The van der Waals surface area contributed by atoms with E-state index in [0.717, 1.165) is 18.2 Å². The smallest absolute Gasteiger partial charge is 0.280 e. The van der Waals surface area contributed by atoms with Crippen molar-refractivity contribution in [1.82, 2.24) is 0 Å². The molecule has 0 aliphatic carbocycles. The van der Waals surface area contributed by atoms with E-state index in [1.165, 1.54) is 24.3 Å². The van der Waals surface area contributed by atoms with E-state index in [0.29, 0.717) is 0 Å². The highest BCUT2D eigenvalue weighted by Gasteiger charge is 2.24. The Kier molecular flexibility index (Phi) is 4.51. The van der Waals surface area contributed by atoms with Crippen molar-refractivity contribution >= 4 is 23.2 Å². The molecule has 10 nitrogen and oxygen atoms in total. The molecular weight excluding hydrogens is 358 g/mol. The Morgan fingerprint density at radius 3 is 2.44 bits per heavy atom. The number of nitrogens with zero attached hydrogens (tertiary/aromatic N) is 3. The van der Waals surface area contributed by atoms with Gasteiger partial charge in [-0.25, -0.2) is 0 Å². The van der Waals surface area contributed by atoms with Crippen molar-refractivity contribution in [1.29, 1.82) is 5.26 Å². The lowest BCUT2D eigenvalue weighted by Gasteiger charge is -2.03. The van der Waals surface area contributed by atoms with E-state index in [2.05, 4.69) is 0 Å². The van der Waals surface area contributed by atoms with Crippen LogP contribution < -0.4 is 9.47 Å². The molecule has 2 aromatic carbocycles. The molecule has 0 saturated carbocycles. The van der Waals surface area contributed by atoms with Crippen LogP contribution in [0, 0.1) is 31.6 Å². The summed E-state index contributed by atoms with van der Waals surface area (Å²) in [5.41, 5.74) is -1.22. The van der Waals surface area contributed by atoms with Crippen molar-refractivity contribution in [2.24, 2.45) is 0 Å². The number of benzene rings is 2. The molecule has 0 unspecified atom stereocenters. The number of allylic oxidation sites excluding steroid dienone is 1. The summed E-state index contributed by atoms with van der Waals surface area (Å²) in [5.74, 6) is -0.373. The minimum Gasteiger partial charge on any atom is -0.454 e. The number of carbonyl (C=O) groups excluding carboxylic acids is 1. The Labute approximate surface area is 151 Å². The molecule has 27 heavy (non-hydrogen) atoms. The van der Waals surface area contributed by atoms with Gasteiger partial charge in [0.25, 0.3) is 11.4 Å². The zero-order valence-corrected chi connectivity index (χ0v) is 13.4. The van der Waals surface area contributed by atoms with E-state index < -0.39 is 21.2 Å². The van der Waals surface area contributed by atoms with Crippen LogP contribution in [0.5, 0.6) is 11.5 Å². The van der Waals surface area contributed by atoms with E-state index in [-0.39, 0.29) is 40.8 Å². The van der Waals surface area contributed by atoms with Gasteiger partial charge in [0.05, 0.1) is 21.5 Å². The standard InChI is InChI=1S/C17H9N3O7/c18-8-12(17(21)10-2-1-3-13(5-10)19(22)23)4-11-6-15-16(27-9-26-15)7-14(11)20(24)25/h1-7H,9H2/b12-4+. The Morgan fingerprint density at radius 2 is 1.81 bits per heavy atom. The van der Waals surface area contributed by atoms with Gasteiger partial charge in [0.15, 0.2) is 11.5 Å². The summed E-state index contributed by atoms with van der Waals surface area (Å²) in [5, 5.41) is 31.5. The number of nitriles is 1. The number of non-ortho nitro benzene ring substituents is 1. The lowest BCUT2D eigenvalue weighted by atomic mass is 10.0. The molecule has 0 saturated heterocycles. The number of fused-ring (bicyclic) bond motifs is 1. The van der Waals surface area contributed by atoms with Gasteiger partial charge in [0, 0.05) is 17.7 Å². The van der Waals surface area contributed by atoms with Gasteiger partial charge in [-0.1, -0.05) is 12.1 Å². The molecular formula is C17H9N3O7. The molecule has 1 aliphatic heterocycles. The van der Waals surface area contributed by atoms with Gasteiger partial charge in [0.1, 0.15) is 11.6 Å². The van der Waals surface area contributed by atoms with Crippen LogP contribution in [-0.2, 0) is 0 Å². The van der Waals surface area contributed by atoms with E-state index in [9.17, 15) is 30.3 Å². The number of ketones is 1. The molecule has 0 fully saturated rings. The molecule has 134 valence electrons. The van der Waals surface area contributed by atoms with Gasteiger partial charge in [-0.05, 0) is 12.1 Å². The predicted molar refractivity (Wildman–Crippen MR) is 90.2 cm³/mol. The maximum atomic E-state index is 12.5. The summed E-state index contributed by atoms with van der Waals surface area (Å²) >= 11 is 0. The second-order valence-electron chi connectivity index (χ2n) is 5.33. The van der Waals surface area contributed by atoms with E-state index in [1.54, 1.807) is 6.07 Å². The Balaban J connectivity index is 2.06. The normalized spacial score (nSPS) is 12.3. The van der Waals surface area contributed by atoms with Crippen LogP contribution >= 0.6 is 0 Å². The fourth-order valence-electron chi connectivity index (χ4n) is 2.44. The molecule has 0 amide bonds. The molecule has 0 aromatic heterocycles. The lowest BCUT2D eigenvalue weighted by Crippen LogP contribution is -2.03. The lowest BCUT2D eigenvalue weighted by molar-refractivity contribution is -0.385. The van der Waals surface area contributed by atoms with Crippen LogP contribution in [0.2, 0.25) is 0 Å². The van der Waals surface area contributed by atoms with Crippen molar-refractivity contribution in [3.05, 3.63) is 73.3 Å². The Bertz CT molecular complexity index is 1050. The van der Waals surface area contributed by atoms with Crippen molar-refractivity contribution < 1.29 is 24.1 Å². The van der Waals surface area contributed by atoms with Crippen LogP contribution in [0.1, 0.15) is 15.9 Å². The third kappa shape index (κ3) is 3.42. The maximum Gasteiger partial charge on any atom is 0.280 e. The summed E-state index contributed by atoms with van der Waals surface area (Å²) < 4.78 is 10.2. The Morgan fingerprint density at radius 1 is 1.11 bits per heavy atom. The number of rotatable bonds is 5. The monoisotopic (exact) mass is 367 g/mol. The van der Waals surface area contributed by atoms with Gasteiger partial charge >= 0.3 is 0 Å². The number of nitro groups is 2.